The average molecular weight is 497 g/mol. The number of aromatic nitrogens is 2. The van der Waals surface area contributed by atoms with Gasteiger partial charge in [-0.05, 0) is 56.2 Å². The summed E-state index contributed by atoms with van der Waals surface area (Å²) in [7, 11) is 0. The molecule has 0 atom stereocenters. The first-order valence-electron chi connectivity index (χ1n) is 11.1. The molecule has 1 heterocycles. The number of hydrogen-bond acceptors (Lipinski definition) is 5. The van der Waals surface area contributed by atoms with Gasteiger partial charge in [0.05, 0.1) is 0 Å². The number of hydrogen-bond donors (Lipinski definition) is 2. The third-order valence-corrected chi connectivity index (χ3v) is 6.59. The summed E-state index contributed by atoms with van der Waals surface area (Å²) in [5.74, 6) is -0.384. The van der Waals surface area contributed by atoms with Gasteiger partial charge in [0, 0.05) is 18.6 Å². The molecule has 1 aromatic carbocycles. The van der Waals surface area contributed by atoms with E-state index in [-0.39, 0.29) is 47.7 Å². The fourth-order valence-corrected chi connectivity index (χ4v) is 4.73. The van der Waals surface area contributed by atoms with Gasteiger partial charge in [-0.15, -0.1) is 0 Å². The van der Waals surface area contributed by atoms with Crippen LogP contribution in [0.4, 0.5) is 9.18 Å². The first-order valence-corrected chi connectivity index (χ1v) is 12.7. The zero-order valence-electron chi connectivity index (χ0n) is 19.1. The Hall–Kier alpha value is -2.26. The van der Waals surface area contributed by atoms with E-state index >= 15 is 0 Å². The van der Waals surface area contributed by atoms with E-state index in [4.69, 9.17) is 16.3 Å². The van der Waals surface area contributed by atoms with Gasteiger partial charge in [0.1, 0.15) is 12.4 Å². The van der Waals surface area contributed by atoms with Crippen LogP contribution in [-0.4, -0.2) is 27.9 Å². The standard InChI is InChI=1S/C23H30ClFN4O3S/c1-14(2)29-21(30)19(24)20(28-23(29)33-3)32-13-15-9-10-17(25)11-16(15)12-26-22(31)27-18-7-5-4-6-8-18/h9-11,14,18H,4-8,12-13H2,1-3H3,(H2,26,27,31). The normalized spacial score (nSPS) is 14.4. The van der Waals surface area contributed by atoms with Crippen molar-refractivity contribution in [1.82, 2.24) is 20.2 Å². The third kappa shape index (κ3) is 6.63. The maximum Gasteiger partial charge on any atom is 0.315 e. The van der Waals surface area contributed by atoms with E-state index < -0.39 is 5.82 Å². The number of carbonyl (C=O) groups is 1. The Kier molecular flexibility index (Phi) is 9.02. The summed E-state index contributed by atoms with van der Waals surface area (Å²) in [6, 6.07) is 4.07. The Morgan fingerprint density at radius 3 is 2.70 bits per heavy atom. The lowest BCUT2D eigenvalue weighted by Crippen LogP contribution is -2.42. The molecule has 2 amide bonds. The molecule has 2 aromatic rings. The smallest absolute Gasteiger partial charge is 0.315 e. The average Bonchev–Trinajstić information content (AvgIpc) is 2.79. The number of carbonyl (C=O) groups excluding carboxylic acids is 1. The Balaban J connectivity index is 1.70. The van der Waals surface area contributed by atoms with Crippen LogP contribution in [-0.2, 0) is 13.2 Å². The molecular weight excluding hydrogens is 467 g/mol. The number of nitrogens with one attached hydrogen (secondary N) is 2. The van der Waals surface area contributed by atoms with E-state index in [9.17, 15) is 14.0 Å². The molecule has 0 bridgehead atoms. The minimum Gasteiger partial charge on any atom is -0.472 e. The summed E-state index contributed by atoms with van der Waals surface area (Å²) in [4.78, 5) is 29.3. The van der Waals surface area contributed by atoms with Gasteiger partial charge < -0.3 is 15.4 Å². The van der Waals surface area contributed by atoms with Gasteiger partial charge >= 0.3 is 6.03 Å². The van der Waals surface area contributed by atoms with Crippen LogP contribution >= 0.6 is 23.4 Å². The molecule has 1 aliphatic rings. The van der Waals surface area contributed by atoms with E-state index in [0.29, 0.717) is 16.3 Å². The highest BCUT2D eigenvalue weighted by Crippen LogP contribution is 2.25. The van der Waals surface area contributed by atoms with Crippen molar-refractivity contribution in [3.8, 4) is 5.88 Å². The lowest BCUT2D eigenvalue weighted by Gasteiger charge is -2.23. The highest BCUT2D eigenvalue weighted by Gasteiger charge is 2.19. The summed E-state index contributed by atoms with van der Waals surface area (Å²) in [6.45, 7) is 3.91. The second kappa shape index (κ2) is 11.7. The molecule has 7 nitrogen and oxygen atoms in total. The number of benzene rings is 1. The van der Waals surface area contributed by atoms with Crippen LogP contribution in [0.5, 0.6) is 5.88 Å². The number of rotatable bonds is 8. The maximum absolute atomic E-state index is 13.9. The molecule has 1 aromatic heterocycles. The van der Waals surface area contributed by atoms with Gasteiger partial charge in [-0.3, -0.25) is 9.36 Å². The minimum atomic E-state index is -0.413. The quantitative estimate of drug-likeness (QED) is 0.394. The molecule has 1 fully saturated rings. The molecule has 0 aliphatic heterocycles. The molecular formula is C23H30ClFN4O3S. The molecule has 0 saturated heterocycles. The lowest BCUT2D eigenvalue weighted by atomic mass is 9.96. The summed E-state index contributed by atoms with van der Waals surface area (Å²) in [6.07, 6.45) is 7.22. The van der Waals surface area contributed by atoms with Crippen molar-refractivity contribution in [2.24, 2.45) is 0 Å². The fraction of sp³-hybridized carbons (Fsp3) is 0.522. The van der Waals surface area contributed by atoms with Gasteiger partial charge in [0.25, 0.3) is 5.56 Å². The Morgan fingerprint density at radius 2 is 2.03 bits per heavy atom. The largest absolute Gasteiger partial charge is 0.472 e. The summed E-state index contributed by atoms with van der Waals surface area (Å²) in [5, 5.41) is 6.17. The Bertz CT molecular complexity index is 1040. The van der Waals surface area contributed by atoms with Gasteiger partial charge in [-0.25, -0.2) is 9.18 Å². The summed E-state index contributed by atoms with van der Waals surface area (Å²) >= 11 is 7.56. The fourth-order valence-electron chi connectivity index (χ4n) is 3.87. The van der Waals surface area contributed by atoms with Crippen LogP contribution in [0.15, 0.2) is 28.2 Å². The van der Waals surface area contributed by atoms with Crippen molar-refractivity contribution in [3.63, 3.8) is 0 Å². The maximum atomic E-state index is 13.9. The summed E-state index contributed by atoms with van der Waals surface area (Å²) < 4.78 is 21.2. The van der Waals surface area contributed by atoms with E-state index in [1.165, 1.54) is 34.9 Å². The van der Waals surface area contributed by atoms with Crippen molar-refractivity contribution < 1.29 is 13.9 Å². The number of amides is 2. The van der Waals surface area contributed by atoms with Crippen LogP contribution in [0.3, 0.4) is 0 Å². The van der Waals surface area contributed by atoms with Crippen LogP contribution in [0.1, 0.15) is 63.1 Å². The number of ether oxygens (including phenoxy) is 1. The molecule has 0 radical (unpaired) electrons. The number of nitrogens with zero attached hydrogens (tertiary/aromatic N) is 2. The van der Waals surface area contributed by atoms with Crippen LogP contribution in [0.2, 0.25) is 5.02 Å². The molecule has 0 spiro atoms. The zero-order valence-corrected chi connectivity index (χ0v) is 20.7. The van der Waals surface area contributed by atoms with Crippen molar-refractivity contribution in [2.45, 2.75) is 76.3 Å². The SMILES string of the molecule is CSc1nc(OCc2ccc(F)cc2CNC(=O)NC2CCCCC2)c(Cl)c(=O)n1C(C)C. The molecule has 33 heavy (non-hydrogen) atoms. The Morgan fingerprint density at radius 1 is 1.30 bits per heavy atom. The first kappa shape index (κ1) is 25.4. The van der Waals surface area contributed by atoms with Crippen LogP contribution in [0.25, 0.3) is 0 Å². The summed E-state index contributed by atoms with van der Waals surface area (Å²) in [5.41, 5.74) is 0.859. The second-order valence-electron chi connectivity index (χ2n) is 8.35. The molecule has 1 aliphatic carbocycles. The predicted octanol–water partition coefficient (Wildman–Crippen LogP) is 5.05. The van der Waals surface area contributed by atoms with Crippen molar-refractivity contribution >= 4 is 29.4 Å². The van der Waals surface area contributed by atoms with Crippen LogP contribution in [0, 0.1) is 5.82 Å². The molecule has 0 unspecified atom stereocenters. The second-order valence-corrected chi connectivity index (χ2v) is 9.50. The molecule has 2 N–H and O–H groups in total. The number of urea groups is 1. The molecule has 10 heteroatoms. The molecule has 1 saturated carbocycles. The third-order valence-electron chi connectivity index (χ3n) is 5.61. The molecule has 180 valence electrons. The first-order chi connectivity index (χ1) is 15.8. The Labute approximate surface area is 202 Å². The predicted molar refractivity (Wildman–Crippen MR) is 129 cm³/mol. The van der Waals surface area contributed by atoms with E-state index in [0.717, 1.165) is 25.7 Å². The number of halogens is 2. The number of thioether (sulfide) groups is 1. The van der Waals surface area contributed by atoms with Gasteiger partial charge in [-0.2, -0.15) is 4.98 Å². The van der Waals surface area contributed by atoms with E-state index in [2.05, 4.69) is 15.6 Å². The monoisotopic (exact) mass is 496 g/mol. The van der Waals surface area contributed by atoms with Crippen LogP contribution < -0.4 is 20.9 Å². The minimum absolute atomic E-state index is 0.0210. The highest BCUT2D eigenvalue weighted by atomic mass is 35.5. The lowest BCUT2D eigenvalue weighted by molar-refractivity contribution is 0.232. The molecule has 3 rings (SSSR count). The van der Waals surface area contributed by atoms with Crippen molar-refractivity contribution in [3.05, 3.63) is 50.5 Å². The highest BCUT2D eigenvalue weighted by molar-refractivity contribution is 7.98. The van der Waals surface area contributed by atoms with Gasteiger partial charge in [0.2, 0.25) is 5.88 Å². The van der Waals surface area contributed by atoms with E-state index in [1.54, 1.807) is 6.07 Å². The van der Waals surface area contributed by atoms with Gasteiger partial charge in [-0.1, -0.05) is 48.7 Å². The zero-order chi connectivity index (χ0) is 24.0. The topological polar surface area (TPSA) is 85.2 Å². The van der Waals surface area contributed by atoms with E-state index in [1.807, 2.05) is 20.1 Å². The van der Waals surface area contributed by atoms with Crippen molar-refractivity contribution in [1.29, 1.82) is 0 Å². The van der Waals surface area contributed by atoms with Gasteiger partial charge in [0.15, 0.2) is 10.2 Å². The van der Waals surface area contributed by atoms with Crippen molar-refractivity contribution in [2.75, 3.05) is 6.26 Å².